The number of phosphoric ester groups is 1. The minimum atomic E-state index is -4.93. The molecule has 1 aliphatic rings. The van der Waals surface area contributed by atoms with Gasteiger partial charge in [-0.05, 0) is 6.92 Å². The number of hydrogen-bond donors (Lipinski definition) is 6. The van der Waals surface area contributed by atoms with Crippen molar-refractivity contribution in [2.45, 2.75) is 56.6 Å². The molecule has 27 heavy (non-hydrogen) atoms. The number of rotatable bonds is 9. The highest BCUT2D eigenvalue weighted by atomic mass is 31.2. The van der Waals surface area contributed by atoms with Crippen LogP contribution in [0.4, 0.5) is 0 Å². The molecule has 0 spiro atoms. The average molecular weight is 416 g/mol. The Morgan fingerprint density at radius 1 is 1.04 bits per heavy atom. The summed E-state index contributed by atoms with van der Waals surface area (Å²) in [7, 11) is -4.93. The van der Waals surface area contributed by atoms with E-state index in [0.29, 0.717) is 0 Å². The van der Waals surface area contributed by atoms with Crippen molar-refractivity contribution in [3.63, 3.8) is 0 Å². The number of carbonyl (C=O) groups is 1. The highest BCUT2D eigenvalue weighted by molar-refractivity contribution is 7.47. The molecule has 3 unspecified atom stereocenters. The van der Waals surface area contributed by atoms with Gasteiger partial charge in [-0.25, -0.2) is 4.57 Å². The molecule has 0 aromatic rings. The van der Waals surface area contributed by atoms with E-state index in [2.05, 4.69) is 9.05 Å². The first kappa shape index (κ1) is 24.0. The molecule has 6 N–H and O–H groups in total. The number of esters is 1. The van der Waals surface area contributed by atoms with E-state index >= 15 is 0 Å². The van der Waals surface area contributed by atoms with Crippen LogP contribution < -0.4 is 0 Å². The molecule has 0 heterocycles. The highest BCUT2D eigenvalue weighted by Gasteiger charge is 2.51. The fourth-order valence-electron chi connectivity index (χ4n) is 2.29. The zero-order valence-electron chi connectivity index (χ0n) is 14.7. The van der Waals surface area contributed by atoms with Crippen LogP contribution in [0.15, 0.2) is 12.3 Å². The molecule has 0 saturated heterocycles. The monoisotopic (exact) mass is 416 g/mol. The molecule has 1 rings (SSSR count). The number of aliphatic hydroxyl groups is 5. The van der Waals surface area contributed by atoms with Gasteiger partial charge in [-0.15, -0.1) is 0 Å². The van der Waals surface area contributed by atoms with Gasteiger partial charge >= 0.3 is 13.8 Å². The lowest BCUT2D eigenvalue weighted by Gasteiger charge is -2.41. The van der Waals surface area contributed by atoms with Crippen LogP contribution in [-0.4, -0.2) is 92.3 Å². The van der Waals surface area contributed by atoms with E-state index in [-0.39, 0.29) is 6.61 Å². The molecule has 1 saturated carbocycles. The molecule has 12 nitrogen and oxygen atoms in total. The second-order valence-electron chi connectivity index (χ2n) is 5.82. The number of allylic oxidation sites excluding steroid dienone is 1. The minimum absolute atomic E-state index is 0.192. The summed E-state index contributed by atoms with van der Waals surface area (Å²) in [6.07, 6.45) is -9.85. The van der Waals surface area contributed by atoms with Crippen molar-refractivity contribution in [2.75, 3.05) is 13.2 Å². The van der Waals surface area contributed by atoms with Crippen molar-refractivity contribution in [3.8, 4) is 0 Å². The summed E-state index contributed by atoms with van der Waals surface area (Å²) in [5.41, 5.74) is 0. The number of ether oxygens (including phenoxy) is 2. The van der Waals surface area contributed by atoms with Crippen LogP contribution in [0.3, 0.4) is 0 Å². The van der Waals surface area contributed by atoms with Crippen LogP contribution >= 0.6 is 7.82 Å². The standard InChI is InChI=1S/C14H25O12P/c1-3-4-23-5-8(25-7(2)15)6-24-27(21,22)26-14-12(19)10(17)9(16)11(18)13(14)20/h3-4,8-14,16-20H,5-6H2,1-2H3,(H,21,22)/b4-3+/t8-,9?,10-,11+,12-,13-,14?/m1/s1. The fraction of sp³-hybridized carbons (Fsp3) is 0.786. The first-order chi connectivity index (χ1) is 12.5. The molecular formula is C14H25O12P. The van der Waals surface area contributed by atoms with Crippen molar-refractivity contribution in [3.05, 3.63) is 12.3 Å². The van der Waals surface area contributed by atoms with Crippen LogP contribution in [0, 0.1) is 0 Å². The van der Waals surface area contributed by atoms with Crippen molar-refractivity contribution in [2.24, 2.45) is 0 Å². The lowest BCUT2D eigenvalue weighted by atomic mass is 9.85. The van der Waals surface area contributed by atoms with Crippen LogP contribution in [0.1, 0.15) is 13.8 Å². The lowest BCUT2D eigenvalue weighted by molar-refractivity contribution is -0.220. The van der Waals surface area contributed by atoms with Gasteiger partial charge in [0.15, 0.2) is 6.10 Å². The summed E-state index contributed by atoms with van der Waals surface area (Å²) >= 11 is 0. The minimum Gasteiger partial charge on any atom is -0.498 e. The third kappa shape index (κ3) is 7.11. The van der Waals surface area contributed by atoms with Crippen LogP contribution in [-0.2, 0) is 27.9 Å². The molecule has 158 valence electrons. The lowest BCUT2D eigenvalue weighted by Crippen LogP contribution is -2.64. The quantitative estimate of drug-likeness (QED) is 0.135. The largest absolute Gasteiger partial charge is 0.498 e. The van der Waals surface area contributed by atoms with Gasteiger partial charge in [0.1, 0.15) is 43.2 Å². The summed E-state index contributed by atoms with van der Waals surface area (Å²) in [4.78, 5) is 20.8. The molecule has 0 radical (unpaired) electrons. The van der Waals surface area contributed by atoms with E-state index in [4.69, 9.17) is 9.47 Å². The van der Waals surface area contributed by atoms with E-state index in [1.807, 2.05) is 0 Å². The van der Waals surface area contributed by atoms with E-state index in [1.54, 1.807) is 13.0 Å². The smallest absolute Gasteiger partial charge is 0.472 e. The van der Waals surface area contributed by atoms with Gasteiger partial charge < -0.3 is 39.9 Å². The van der Waals surface area contributed by atoms with Gasteiger partial charge in [-0.3, -0.25) is 13.8 Å². The normalized spacial score (nSPS) is 34.8. The second kappa shape index (κ2) is 10.5. The van der Waals surface area contributed by atoms with Crippen molar-refractivity contribution in [1.29, 1.82) is 0 Å². The average Bonchev–Trinajstić information content (AvgIpc) is 2.59. The maximum absolute atomic E-state index is 12.1. The molecule has 0 amide bonds. The molecular weight excluding hydrogens is 391 g/mol. The topological polar surface area (TPSA) is 192 Å². The molecule has 1 aliphatic carbocycles. The zero-order valence-corrected chi connectivity index (χ0v) is 15.6. The summed E-state index contributed by atoms with van der Waals surface area (Å²) in [6, 6.07) is 0. The van der Waals surface area contributed by atoms with Gasteiger partial charge in [-0.1, -0.05) is 6.08 Å². The predicted molar refractivity (Wildman–Crippen MR) is 87.0 cm³/mol. The van der Waals surface area contributed by atoms with Gasteiger partial charge in [-0.2, -0.15) is 0 Å². The zero-order chi connectivity index (χ0) is 20.8. The number of carbonyl (C=O) groups excluding carboxylic acids is 1. The molecule has 0 aliphatic heterocycles. The maximum atomic E-state index is 12.1. The Morgan fingerprint density at radius 3 is 2.04 bits per heavy atom. The molecule has 0 aromatic heterocycles. The first-order valence-corrected chi connectivity index (χ1v) is 9.45. The summed E-state index contributed by atoms with van der Waals surface area (Å²) in [6.45, 7) is 1.97. The van der Waals surface area contributed by atoms with Crippen LogP contribution in [0.25, 0.3) is 0 Å². The van der Waals surface area contributed by atoms with Crippen LogP contribution in [0.2, 0.25) is 0 Å². The van der Waals surface area contributed by atoms with Gasteiger partial charge in [0.25, 0.3) is 0 Å². The Balaban J connectivity index is 2.72. The number of hydrogen-bond acceptors (Lipinski definition) is 11. The summed E-state index contributed by atoms with van der Waals surface area (Å²) < 4.78 is 31.2. The molecule has 13 heteroatoms. The second-order valence-corrected chi connectivity index (χ2v) is 7.23. The number of phosphoric acid groups is 1. The molecule has 0 bridgehead atoms. The predicted octanol–water partition coefficient (Wildman–Crippen LogP) is -2.21. The first-order valence-electron chi connectivity index (χ1n) is 7.96. The molecule has 8 atom stereocenters. The van der Waals surface area contributed by atoms with Crippen molar-refractivity contribution in [1.82, 2.24) is 0 Å². The third-order valence-electron chi connectivity index (χ3n) is 3.60. The van der Waals surface area contributed by atoms with E-state index in [0.717, 1.165) is 6.92 Å². The van der Waals surface area contributed by atoms with Gasteiger partial charge in [0.05, 0.1) is 12.9 Å². The summed E-state index contributed by atoms with van der Waals surface area (Å²) in [5.74, 6) is -0.695. The SMILES string of the molecule is C/C=C/OC[C@H](COP(=O)(O)OC1[C@H](O)[C@H](O)C(O)[C@H](O)[C@H]1O)OC(C)=O. The van der Waals surface area contributed by atoms with E-state index < -0.39 is 63.1 Å². The Hall–Kier alpha value is -1.08. The Kier molecular flexibility index (Phi) is 9.28. The van der Waals surface area contributed by atoms with Crippen molar-refractivity contribution >= 4 is 13.8 Å². The molecule has 1 fully saturated rings. The molecule has 0 aromatic carbocycles. The highest BCUT2D eigenvalue weighted by Crippen LogP contribution is 2.47. The van der Waals surface area contributed by atoms with Crippen LogP contribution in [0.5, 0.6) is 0 Å². The summed E-state index contributed by atoms with van der Waals surface area (Å²) in [5, 5.41) is 48.3. The van der Waals surface area contributed by atoms with Gasteiger partial charge in [0, 0.05) is 6.92 Å². The van der Waals surface area contributed by atoms with Gasteiger partial charge in [0.2, 0.25) is 0 Å². The Labute approximate surface area is 155 Å². The van der Waals surface area contributed by atoms with E-state index in [1.165, 1.54) is 6.26 Å². The Bertz CT molecular complexity index is 538. The third-order valence-corrected chi connectivity index (χ3v) is 4.58. The maximum Gasteiger partial charge on any atom is 0.472 e. The Morgan fingerprint density at radius 2 is 1.56 bits per heavy atom. The fourth-order valence-corrected chi connectivity index (χ4v) is 3.27. The van der Waals surface area contributed by atoms with E-state index in [9.17, 15) is 39.8 Å². The number of aliphatic hydroxyl groups excluding tert-OH is 5. The van der Waals surface area contributed by atoms with Crippen molar-refractivity contribution < 1.29 is 58.3 Å².